The normalized spacial score (nSPS) is 13.4. The standard InChI is InChI=1S/C17H18N2O/c1-13(16-9-5-6-14(10-16)11-18)19-17(12-20)15-7-3-2-4-8-15/h2-10,13,17,19-20H,12H2,1H3/t13?,17-/m0/s1. The molecule has 20 heavy (non-hydrogen) atoms. The van der Waals surface area contributed by atoms with E-state index in [1.807, 2.05) is 55.5 Å². The number of aliphatic hydroxyl groups is 1. The maximum atomic E-state index is 9.56. The Morgan fingerprint density at radius 2 is 1.80 bits per heavy atom. The summed E-state index contributed by atoms with van der Waals surface area (Å²) in [5.74, 6) is 0. The Morgan fingerprint density at radius 1 is 1.10 bits per heavy atom. The van der Waals surface area contributed by atoms with Crippen molar-refractivity contribution in [1.29, 1.82) is 5.26 Å². The van der Waals surface area contributed by atoms with E-state index < -0.39 is 0 Å². The van der Waals surface area contributed by atoms with Crippen LogP contribution in [-0.4, -0.2) is 11.7 Å². The Balaban J connectivity index is 2.13. The lowest BCUT2D eigenvalue weighted by atomic mass is 10.0. The van der Waals surface area contributed by atoms with Crippen molar-refractivity contribution in [2.75, 3.05) is 6.61 Å². The van der Waals surface area contributed by atoms with Crippen LogP contribution in [0.1, 0.15) is 35.7 Å². The minimum atomic E-state index is -0.114. The Labute approximate surface area is 119 Å². The van der Waals surface area contributed by atoms with Crippen LogP contribution in [0.3, 0.4) is 0 Å². The second-order valence-electron chi connectivity index (χ2n) is 4.77. The number of rotatable bonds is 5. The molecule has 102 valence electrons. The Kier molecular flexibility index (Phi) is 4.89. The number of hydrogen-bond acceptors (Lipinski definition) is 3. The van der Waals surface area contributed by atoms with Gasteiger partial charge in [0.05, 0.1) is 24.3 Å². The van der Waals surface area contributed by atoms with Gasteiger partial charge in [-0.05, 0) is 30.2 Å². The molecule has 2 aromatic rings. The van der Waals surface area contributed by atoms with Crippen molar-refractivity contribution in [2.24, 2.45) is 0 Å². The first-order valence-electron chi connectivity index (χ1n) is 6.66. The minimum Gasteiger partial charge on any atom is -0.394 e. The second kappa shape index (κ2) is 6.85. The summed E-state index contributed by atoms with van der Waals surface area (Å²) in [7, 11) is 0. The van der Waals surface area contributed by atoms with Crippen LogP contribution >= 0.6 is 0 Å². The molecular formula is C17H18N2O. The summed E-state index contributed by atoms with van der Waals surface area (Å²) >= 11 is 0. The molecule has 0 heterocycles. The van der Waals surface area contributed by atoms with Crippen molar-refractivity contribution in [3.63, 3.8) is 0 Å². The van der Waals surface area contributed by atoms with Gasteiger partial charge in [-0.15, -0.1) is 0 Å². The first-order valence-corrected chi connectivity index (χ1v) is 6.66. The molecule has 3 heteroatoms. The zero-order valence-corrected chi connectivity index (χ0v) is 11.5. The molecule has 0 aromatic heterocycles. The van der Waals surface area contributed by atoms with E-state index in [9.17, 15) is 5.11 Å². The molecule has 2 N–H and O–H groups in total. The van der Waals surface area contributed by atoms with Gasteiger partial charge in [0.1, 0.15) is 0 Å². The fourth-order valence-electron chi connectivity index (χ4n) is 2.22. The monoisotopic (exact) mass is 266 g/mol. The van der Waals surface area contributed by atoms with E-state index in [4.69, 9.17) is 5.26 Å². The molecule has 0 spiro atoms. The topological polar surface area (TPSA) is 56.0 Å². The molecule has 1 unspecified atom stereocenters. The molecule has 0 saturated carbocycles. The zero-order valence-electron chi connectivity index (χ0n) is 11.5. The van der Waals surface area contributed by atoms with Crippen LogP contribution in [0, 0.1) is 11.3 Å². The third kappa shape index (κ3) is 3.45. The number of aliphatic hydroxyl groups excluding tert-OH is 1. The molecule has 0 aliphatic rings. The average molecular weight is 266 g/mol. The van der Waals surface area contributed by atoms with Gasteiger partial charge in [-0.3, -0.25) is 0 Å². The number of hydrogen-bond donors (Lipinski definition) is 2. The summed E-state index contributed by atoms with van der Waals surface area (Å²) in [6.07, 6.45) is 0. The summed E-state index contributed by atoms with van der Waals surface area (Å²) in [5, 5.41) is 21.9. The zero-order chi connectivity index (χ0) is 14.4. The predicted molar refractivity (Wildman–Crippen MR) is 79.0 cm³/mol. The van der Waals surface area contributed by atoms with Crippen molar-refractivity contribution >= 4 is 0 Å². The Bertz CT molecular complexity index is 589. The van der Waals surface area contributed by atoms with Crippen LogP contribution in [0.25, 0.3) is 0 Å². The van der Waals surface area contributed by atoms with Crippen LogP contribution in [0.15, 0.2) is 54.6 Å². The van der Waals surface area contributed by atoms with E-state index in [1.54, 1.807) is 6.07 Å². The maximum Gasteiger partial charge on any atom is 0.0991 e. The number of benzene rings is 2. The van der Waals surface area contributed by atoms with E-state index >= 15 is 0 Å². The highest BCUT2D eigenvalue weighted by molar-refractivity contribution is 5.34. The summed E-state index contributed by atoms with van der Waals surface area (Å²) < 4.78 is 0. The lowest BCUT2D eigenvalue weighted by Gasteiger charge is -2.22. The largest absolute Gasteiger partial charge is 0.394 e. The number of nitriles is 1. The summed E-state index contributed by atoms with van der Waals surface area (Å²) in [4.78, 5) is 0. The van der Waals surface area contributed by atoms with Crippen LogP contribution in [0.5, 0.6) is 0 Å². The van der Waals surface area contributed by atoms with Gasteiger partial charge < -0.3 is 10.4 Å². The summed E-state index contributed by atoms with van der Waals surface area (Å²) in [6.45, 7) is 2.06. The molecule has 0 aliphatic carbocycles. The smallest absolute Gasteiger partial charge is 0.0991 e. The fraction of sp³-hybridized carbons (Fsp3) is 0.235. The highest BCUT2D eigenvalue weighted by Gasteiger charge is 2.14. The minimum absolute atomic E-state index is 0.0340. The van der Waals surface area contributed by atoms with Gasteiger partial charge >= 0.3 is 0 Å². The highest BCUT2D eigenvalue weighted by atomic mass is 16.3. The number of nitrogens with one attached hydrogen (secondary N) is 1. The lowest BCUT2D eigenvalue weighted by molar-refractivity contribution is 0.235. The van der Waals surface area contributed by atoms with Gasteiger partial charge in [-0.1, -0.05) is 42.5 Å². The SMILES string of the molecule is CC(N[C@@H](CO)c1ccccc1)c1cccc(C#N)c1. The number of nitrogens with zero attached hydrogens (tertiary/aromatic N) is 1. The summed E-state index contributed by atoms with van der Waals surface area (Å²) in [6, 6.07) is 19.5. The van der Waals surface area contributed by atoms with Crippen molar-refractivity contribution in [3.05, 3.63) is 71.3 Å². The van der Waals surface area contributed by atoms with Gasteiger partial charge in [0.2, 0.25) is 0 Å². The average Bonchev–Trinajstić information content (AvgIpc) is 2.53. The molecule has 0 bridgehead atoms. The molecule has 2 rings (SSSR count). The van der Waals surface area contributed by atoms with Crippen molar-refractivity contribution in [2.45, 2.75) is 19.0 Å². The Morgan fingerprint density at radius 3 is 2.45 bits per heavy atom. The van der Waals surface area contributed by atoms with E-state index in [0.717, 1.165) is 11.1 Å². The molecule has 2 aromatic carbocycles. The van der Waals surface area contributed by atoms with Crippen LogP contribution in [0.4, 0.5) is 0 Å². The molecule has 0 amide bonds. The lowest BCUT2D eigenvalue weighted by Crippen LogP contribution is -2.27. The fourth-order valence-corrected chi connectivity index (χ4v) is 2.22. The maximum absolute atomic E-state index is 9.56. The molecule has 0 radical (unpaired) electrons. The van der Waals surface area contributed by atoms with Gasteiger partial charge in [0.25, 0.3) is 0 Å². The molecule has 0 saturated heterocycles. The van der Waals surface area contributed by atoms with E-state index in [-0.39, 0.29) is 18.7 Å². The molecule has 3 nitrogen and oxygen atoms in total. The van der Waals surface area contributed by atoms with Gasteiger partial charge in [-0.2, -0.15) is 5.26 Å². The first kappa shape index (κ1) is 14.3. The van der Waals surface area contributed by atoms with Gasteiger partial charge in [0.15, 0.2) is 0 Å². The van der Waals surface area contributed by atoms with Crippen LogP contribution < -0.4 is 5.32 Å². The van der Waals surface area contributed by atoms with Gasteiger partial charge in [-0.25, -0.2) is 0 Å². The quantitative estimate of drug-likeness (QED) is 0.874. The molecule has 0 fully saturated rings. The van der Waals surface area contributed by atoms with E-state index in [0.29, 0.717) is 5.56 Å². The molecular weight excluding hydrogens is 248 g/mol. The Hall–Kier alpha value is -2.15. The molecule has 2 atom stereocenters. The molecule has 0 aliphatic heterocycles. The van der Waals surface area contributed by atoms with Crippen LogP contribution in [0.2, 0.25) is 0 Å². The van der Waals surface area contributed by atoms with E-state index in [2.05, 4.69) is 11.4 Å². The predicted octanol–water partition coefficient (Wildman–Crippen LogP) is 2.94. The third-order valence-electron chi connectivity index (χ3n) is 3.35. The first-order chi connectivity index (χ1) is 9.74. The van der Waals surface area contributed by atoms with Crippen molar-refractivity contribution in [3.8, 4) is 6.07 Å². The van der Waals surface area contributed by atoms with Gasteiger partial charge in [0, 0.05) is 6.04 Å². The van der Waals surface area contributed by atoms with Crippen molar-refractivity contribution in [1.82, 2.24) is 5.32 Å². The van der Waals surface area contributed by atoms with Crippen molar-refractivity contribution < 1.29 is 5.11 Å². The van der Waals surface area contributed by atoms with E-state index in [1.165, 1.54) is 0 Å². The summed E-state index contributed by atoms with van der Waals surface area (Å²) in [5.41, 5.74) is 2.74. The highest BCUT2D eigenvalue weighted by Crippen LogP contribution is 2.20. The second-order valence-corrected chi connectivity index (χ2v) is 4.77. The van der Waals surface area contributed by atoms with Crippen LogP contribution in [-0.2, 0) is 0 Å². The third-order valence-corrected chi connectivity index (χ3v) is 3.35.